The highest BCUT2D eigenvalue weighted by atomic mass is 16.4. The van der Waals surface area contributed by atoms with E-state index in [2.05, 4.69) is 0 Å². The van der Waals surface area contributed by atoms with E-state index in [-0.39, 0.29) is 6.03 Å². The molecule has 2 fully saturated rings. The number of amides is 2. The van der Waals surface area contributed by atoms with Crippen LogP contribution in [0.2, 0.25) is 0 Å². The van der Waals surface area contributed by atoms with E-state index >= 15 is 0 Å². The van der Waals surface area contributed by atoms with E-state index in [1.165, 1.54) is 19.3 Å². The van der Waals surface area contributed by atoms with Crippen molar-refractivity contribution in [2.24, 2.45) is 0 Å². The van der Waals surface area contributed by atoms with Crippen molar-refractivity contribution in [2.75, 3.05) is 13.1 Å². The first-order valence-electron chi connectivity index (χ1n) is 7.95. The van der Waals surface area contributed by atoms with Gasteiger partial charge in [0.2, 0.25) is 0 Å². The van der Waals surface area contributed by atoms with Crippen molar-refractivity contribution in [1.29, 1.82) is 0 Å². The Morgan fingerprint density at radius 1 is 1.10 bits per heavy atom. The van der Waals surface area contributed by atoms with Crippen LogP contribution >= 0.6 is 0 Å². The molecule has 0 radical (unpaired) electrons. The lowest BCUT2D eigenvalue weighted by molar-refractivity contribution is -0.143. The Hall–Kier alpha value is -1.26. The number of rotatable bonds is 3. The number of piperidine rings is 1. The van der Waals surface area contributed by atoms with Crippen LogP contribution in [0.15, 0.2) is 0 Å². The number of carboxylic acids is 1. The molecule has 1 aliphatic carbocycles. The maximum Gasteiger partial charge on any atom is 0.326 e. The molecule has 5 heteroatoms. The highest BCUT2D eigenvalue weighted by Gasteiger charge is 2.36. The molecule has 1 N–H and O–H groups in total. The maximum absolute atomic E-state index is 12.7. The molecule has 0 aromatic carbocycles. The van der Waals surface area contributed by atoms with Crippen LogP contribution < -0.4 is 0 Å². The zero-order chi connectivity index (χ0) is 14.5. The normalized spacial score (nSPS) is 24.4. The van der Waals surface area contributed by atoms with Gasteiger partial charge in [-0.1, -0.05) is 19.3 Å². The van der Waals surface area contributed by atoms with Gasteiger partial charge in [-0.15, -0.1) is 0 Å². The summed E-state index contributed by atoms with van der Waals surface area (Å²) in [5.41, 5.74) is 0. The van der Waals surface area contributed by atoms with Gasteiger partial charge in [0.05, 0.1) is 0 Å². The molecule has 20 heavy (non-hydrogen) atoms. The number of carbonyl (C=O) groups excluding carboxylic acids is 1. The van der Waals surface area contributed by atoms with Crippen LogP contribution in [0.25, 0.3) is 0 Å². The fourth-order valence-electron chi connectivity index (χ4n) is 3.52. The summed E-state index contributed by atoms with van der Waals surface area (Å²) in [5.74, 6) is -0.863. The van der Waals surface area contributed by atoms with E-state index in [1.807, 2.05) is 11.8 Å². The summed E-state index contributed by atoms with van der Waals surface area (Å²) in [5, 5.41) is 9.31. The molecule has 2 rings (SSSR count). The standard InChI is InChI=1S/C15H26N2O3/c1-2-16(12-8-4-3-5-9-12)15(20)17-11-7-6-10-13(17)14(18)19/h12-13H,2-11H2,1H3,(H,18,19). The van der Waals surface area contributed by atoms with Crippen LogP contribution in [-0.2, 0) is 4.79 Å². The van der Waals surface area contributed by atoms with Gasteiger partial charge in [0.25, 0.3) is 0 Å². The smallest absolute Gasteiger partial charge is 0.326 e. The van der Waals surface area contributed by atoms with Crippen molar-refractivity contribution >= 4 is 12.0 Å². The van der Waals surface area contributed by atoms with E-state index < -0.39 is 12.0 Å². The van der Waals surface area contributed by atoms with Gasteiger partial charge in [0.15, 0.2) is 0 Å². The third-order valence-electron chi connectivity index (χ3n) is 4.64. The lowest BCUT2D eigenvalue weighted by Crippen LogP contribution is -2.55. The van der Waals surface area contributed by atoms with Crippen LogP contribution in [0.4, 0.5) is 4.79 Å². The molecule has 114 valence electrons. The second-order valence-electron chi connectivity index (χ2n) is 5.90. The molecule has 1 unspecified atom stereocenters. The zero-order valence-electron chi connectivity index (χ0n) is 12.4. The number of likely N-dealkylation sites (tertiary alicyclic amines) is 1. The zero-order valence-corrected chi connectivity index (χ0v) is 12.4. The summed E-state index contributed by atoms with van der Waals surface area (Å²) in [6, 6.07) is -0.391. The van der Waals surface area contributed by atoms with E-state index in [4.69, 9.17) is 0 Å². The Balaban J connectivity index is 2.07. The van der Waals surface area contributed by atoms with Gasteiger partial charge in [0.1, 0.15) is 6.04 Å². The highest BCUT2D eigenvalue weighted by Crippen LogP contribution is 2.25. The first-order chi connectivity index (χ1) is 9.65. The van der Waals surface area contributed by atoms with Gasteiger partial charge in [0, 0.05) is 19.1 Å². The molecular weight excluding hydrogens is 256 g/mol. The highest BCUT2D eigenvalue weighted by molar-refractivity contribution is 5.83. The summed E-state index contributed by atoms with van der Waals surface area (Å²) in [6.07, 6.45) is 8.13. The van der Waals surface area contributed by atoms with Crippen molar-refractivity contribution in [3.8, 4) is 0 Å². The summed E-state index contributed by atoms with van der Waals surface area (Å²) >= 11 is 0. The van der Waals surface area contributed by atoms with E-state index in [0.717, 1.165) is 25.7 Å². The van der Waals surface area contributed by atoms with Crippen LogP contribution in [0.1, 0.15) is 58.3 Å². The molecule has 0 spiro atoms. The largest absolute Gasteiger partial charge is 0.480 e. The van der Waals surface area contributed by atoms with Gasteiger partial charge in [-0.05, 0) is 39.0 Å². The van der Waals surface area contributed by atoms with Crippen molar-refractivity contribution in [2.45, 2.75) is 70.4 Å². The lowest BCUT2D eigenvalue weighted by Gasteiger charge is -2.40. The molecular formula is C15H26N2O3. The number of carboxylic acid groups (broad SMARTS) is 1. The fourth-order valence-corrected chi connectivity index (χ4v) is 3.52. The lowest BCUT2D eigenvalue weighted by atomic mass is 9.94. The van der Waals surface area contributed by atoms with Crippen LogP contribution in [0.5, 0.6) is 0 Å². The minimum Gasteiger partial charge on any atom is -0.480 e. The number of hydrogen-bond acceptors (Lipinski definition) is 2. The van der Waals surface area contributed by atoms with Crippen molar-refractivity contribution < 1.29 is 14.7 Å². The third kappa shape index (κ3) is 3.25. The topological polar surface area (TPSA) is 60.9 Å². The second-order valence-corrected chi connectivity index (χ2v) is 5.90. The van der Waals surface area contributed by atoms with Gasteiger partial charge in [-0.25, -0.2) is 9.59 Å². The van der Waals surface area contributed by atoms with Crippen LogP contribution in [-0.4, -0.2) is 52.1 Å². The number of urea groups is 1. The minimum absolute atomic E-state index is 0.0634. The van der Waals surface area contributed by atoms with Crippen LogP contribution in [0.3, 0.4) is 0 Å². The van der Waals surface area contributed by atoms with E-state index in [0.29, 0.717) is 25.6 Å². The monoisotopic (exact) mass is 282 g/mol. The quantitative estimate of drug-likeness (QED) is 0.865. The number of hydrogen-bond donors (Lipinski definition) is 1. The average molecular weight is 282 g/mol. The Kier molecular flexibility index (Phi) is 5.26. The average Bonchev–Trinajstić information content (AvgIpc) is 2.49. The van der Waals surface area contributed by atoms with E-state index in [9.17, 15) is 14.7 Å². The Bertz CT molecular complexity index is 353. The molecule has 2 amide bonds. The number of aliphatic carboxylic acids is 1. The van der Waals surface area contributed by atoms with Gasteiger partial charge < -0.3 is 14.9 Å². The van der Waals surface area contributed by atoms with Gasteiger partial charge in [-0.2, -0.15) is 0 Å². The molecule has 2 aliphatic rings. The molecule has 0 aromatic rings. The molecule has 1 aliphatic heterocycles. The molecule has 1 atom stereocenters. The predicted octanol–water partition coefficient (Wildman–Crippen LogP) is 2.70. The molecule has 1 heterocycles. The molecule has 5 nitrogen and oxygen atoms in total. The van der Waals surface area contributed by atoms with Crippen molar-refractivity contribution in [1.82, 2.24) is 9.80 Å². The third-order valence-corrected chi connectivity index (χ3v) is 4.64. The Morgan fingerprint density at radius 2 is 1.75 bits per heavy atom. The molecule has 1 saturated heterocycles. The number of carbonyl (C=O) groups is 2. The van der Waals surface area contributed by atoms with Crippen molar-refractivity contribution in [3.63, 3.8) is 0 Å². The van der Waals surface area contributed by atoms with Crippen LogP contribution in [0, 0.1) is 0 Å². The first-order valence-corrected chi connectivity index (χ1v) is 7.95. The summed E-state index contributed by atoms with van der Waals surface area (Å²) in [7, 11) is 0. The minimum atomic E-state index is -0.863. The summed E-state index contributed by atoms with van der Waals surface area (Å²) < 4.78 is 0. The Labute approximate surface area is 120 Å². The molecule has 0 bridgehead atoms. The van der Waals surface area contributed by atoms with Crippen molar-refractivity contribution in [3.05, 3.63) is 0 Å². The summed E-state index contributed by atoms with van der Waals surface area (Å²) in [4.78, 5) is 27.6. The summed E-state index contributed by atoms with van der Waals surface area (Å²) in [6.45, 7) is 3.25. The molecule has 1 saturated carbocycles. The fraction of sp³-hybridized carbons (Fsp3) is 0.867. The Morgan fingerprint density at radius 3 is 2.35 bits per heavy atom. The first kappa shape index (κ1) is 15.1. The molecule has 0 aromatic heterocycles. The number of nitrogens with zero attached hydrogens (tertiary/aromatic N) is 2. The maximum atomic E-state index is 12.7. The van der Waals surface area contributed by atoms with E-state index in [1.54, 1.807) is 4.90 Å². The SMILES string of the molecule is CCN(C(=O)N1CCCCC1C(=O)O)C1CCCCC1. The van der Waals surface area contributed by atoms with Gasteiger partial charge >= 0.3 is 12.0 Å². The second kappa shape index (κ2) is 6.95. The predicted molar refractivity (Wildman–Crippen MR) is 76.6 cm³/mol. The van der Waals surface area contributed by atoms with Gasteiger partial charge in [-0.3, -0.25) is 0 Å².